The van der Waals surface area contributed by atoms with Crippen LogP contribution in [0.25, 0.3) is 0 Å². The number of carbonyl (C=O) groups excluding carboxylic acids is 1. The second-order valence-corrected chi connectivity index (χ2v) is 7.49. The molecule has 3 heterocycles. The van der Waals surface area contributed by atoms with Gasteiger partial charge >= 0.3 is 14.2 Å². The van der Waals surface area contributed by atoms with Crippen LogP contribution in [0.1, 0.15) is 33.1 Å². The van der Waals surface area contributed by atoms with Gasteiger partial charge in [-0.3, -0.25) is 4.79 Å². The minimum Gasteiger partial charge on any atom is -0.411 e. The Hall–Kier alpha value is -1.34. The first-order valence-corrected chi connectivity index (χ1v) is 9.43. The molecule has 2 fully saturated rings. The molecule has 1 aliphatic carbocycles. The van der Waals surface area contributed by atoms with Crippen LogP contribution in [0.15, 0.2) is 35.6 Å². The predicted octanol–water partition coefficient (Wildman–Crippen LogP) is 2.14. The molecule has 0 bridgehead atoms. The molecular weight excluding hydrogens is 332 g/mol. The van der Waals surface area contributed by atoms with E-state index in [1.807, 2.05) is 25.3 Å². The molecule has 1 amide bonds. The molecule has 0 saturated carbocycles. The molecule has 26 heavy (non-hydrogen) atoms. The zero-order chi connectivity index (χ0) is 18.3. The van der Waals surface area contributed by atoms with Crippen molar-refractivity contribution < 1.29 is 23.4 Å². The van der Waals surface area contributed by atoms with Crippen molar-refractivity contribution in [2.75, 3.05) is 20.3 Å². The highest BCUT2D eigenvalue weighted by molar-refractivity contribution is 6.73. The van der Waals surface area contributed by atoms with Crippen LogP contribution in [-0.4, -0.2) is 57.5 Å². The van der Waals surface area contributed by atoms with E-state index in [2.05, 4.69) is 19.9 Å². The average molecular weight is 357 g/mol. The molecule has 0 N–H and O–H groups in total. The highest BCUT2D eigenvalue weighted by Gasteiger charge is 2.62. The third-order valence-corrected chi connectivity index (χ3v) is 5.66. The van der Waals surface area contributed by atoms with Crippen molar-refractivity contribution in [3.05, 3.63) is 35.6 Å². The van der Waals surface area contributed by atoms with Gasteiger partial charge in [-0.15, -0.1) is 0 Å². The third-order valence-electron chi connectivity index (χ3n) is 5.66. The number of rotatable bonds is 2. The third kappa shape index (κ3) is 2.89. The lowest BCUT2D eigenvalue weighted by atomic mass is 9.34. The maximum atomic E-state index is 12.2. The molecule has 8 heteroatoms. The first kappa shape index (κ1) is 18.0. The number of likely N-dealkylation sites (N-methyl/N-ethyl adjacent to an activating group) is 1. The molecule has 2 atom stereocenters. The van der Waals surface area contributed by atoms with Crippen LogP contribution in [0.3, 0.4) is 0 Å². The summed E-state index contributed by atoms with van der Waals surface area (Å²) < 4.78 is 24.6. The Morgan fingerprint density at radius 2 is 1.73 bits per heavy atom. The fraction of sp³-hybridized carbons (Fsp3) is 0.611. The van der Waals surface area contributed by atoms with Crippen molar-refractivity contribution in [1.82, 2.24) is 4.90 Å². The van der Waals surface area contributed by atoms with Crippen molar-refractivity contribution in [2.45, 2.75) is 50.5 Å². The van der Waals surface area contributed by atoms with E-state index in [9.17, 15) is 4.79 Å². The Morgan fingerprint density at radius 1 is 1.12 bits per heavy atom. The minimum atomic E-state index is -0.734. The van der Waals surface area contributed by atoms with Gasteiger partial charge in [0.2, 0.25) is 5.91 Å². The molecule has 0 aromatic heterocycles. The smallest absolute Gasteiger partial charge is 0.411 e. The topological polar surface area (TPSA) is 57.2 Å². The van der Waals surface area contributed by atoms with Crippen LogP contribution >= 0.6 is 0 Å². The molecule has 4 rings (SSSR count). The van der Waals surface area contributed by atoms with E-state index < -0.39 is 19.5 Å². The predicted molar refractivity (Wildman–Crippen MR) is 99.1 cm³/mol. The molecule has 6 nitrogen and oxygen atoms in total. The second kappa shape index (κ2) is 7.00. The van der Waals surface area contributed by atoms with E-state index in [-0.39, 0.29) is 18.1 Å². The zero-order valence-electron chi connectivity index (χ0n) is 15.6. The molecule has 2 saturated heterocycles. The highest BCUT2D eigenvalue weighted by Crippen LogP contribution is 2.53. The monoisotopic (exact) mass is 357 g/mol. The first-order valence-electron chi connectivity index (χ1n) is 9.43. The zero-order valence-corrected chi connectivity index (χ0v) is 15.6. The van der Waals surface area contributed by atoms with Gasteiger partial charge in [-0.1, -0.05) is 18.2 Å². The summed E-state index contributed by atoms with van der Waals surface area (Å²) in [6, 6.07) is 0. The van der Waals surface area contributed by atoms with Crippen LogP contribution in [0.4, 0.5) is 0 Å². The summed E-state index contributed by atoms with van der Waals surface area (Å²) in [6.07, 6.45) is 10.2. The molecule has 138 valence electrons. The molecule has 0 radical (unpaired) electrons. The number of hydrogen-bond acceptors (Lipinski definition) is 5. The summed E-state index contributed by atoms with van der Waals surface area (Å²) in [7, 11) is 0.769. The first-order chi connectivity index (χ1) is 12.5. The van der Waals surface area contributed by atoms with Gasteiger partial charge < -0.3 is 23.5 Å². The van der Waals surface area contributed by atoms with Gasteiger partial charge in [0.05, 0.1) is 5.21 Å². The van der Waals surface area contributed by atoms with Gasteiger partial charge in [0, 0.05) is 44.6 Å². The highest BCUT2D eigenvalue weighted by atomic mass is 16.6. The van der Waals surface area contributed by atoms with Crippen LogP contribution < -0.4 is 0 Å². The largest absolute Gasteiger partial charge is 0.470 e. The minimum absolute atomic E-state index is 0.0712. The molecular formula is C18H25B2NO5. The molecule has 0 aromatic carbocycles. The summed E-state index contributed by atoms with van der Waals surface area (Å²) in [5.41, 5.74) is 1.85. The maximum absolute atomic E-state index is 12.2. The second-order valence-electron chi connectivity index (χ2n) is 7.49. The maximum Gasteiger partial charge on any atom is 0.470 e. The summed E-state index contributed by atoms with van der Waals surface area (Å²) in [5, 5.41) is -0.734. The average Bonchev–Trinajstić information content (AvgIpc) is 2.64. The van der Waals surface area contributed by atoms with Crippen LogP contribution in [0, 0.1) is 0 Å². The van der Waals surface area contributed by atoms with Gasteiger partial charge in [-0.2, -0.15) is 0 Å². The molecule has 2 unspecified atom stereocenters. The van der Waals surface area contributed by atoms with Crippen molar-refractivity contribution in [1.29, 1.82) is 0 Å². The van der Waals surface area contributed by atoms with Crippen LogP contribution in [0.2, 0.25) is 5.21 Å². The van der Waals surface area contributed by atoms with E-state index >= 15 is 0 Å². The summed E-state index contributed by atoms with van der Waals surface area (Å²) in [6.45, 7) is 5.38. The standard InChI is InChI=1S/C18H25B2NO5/c1-13-8-11-23-19(25-13)18(20-24-12-9-14(2)26-20)10-4-5-16-15(18)6-7-17(22)21(16)3/h4-6,10,13-14H,7-9,11-12H2,1-3H3. The Bertz CT molecular complexity index is 654. The lowest BCUT2D eigenvalue weighted by Crippen LogP contribution is -2.57. The summed E-state index contributed by atoms with van der Waals surface area (Å²) >= 11 is 0. The van der Waals surface area contributed by atoms with Gasteiger partial charge in [0.25, 0.3) is 0 Å². The fourth-order valence-electron chi connectivity index (χ4n) is 4.08. The van der Waals surface area contributed by atoms with Crippen LogP contribution in [-0.2, 0) is 23.4 Å². The van der Waals surface area contributed by atoms with Crippen molar-refractivity contribution in [3.63, 3.8) is 0 Å². The number of carbonyl (C=O) groups is 1. The molecule has 3 aliphatic heterocycles. The normalized spacial score (nSPS) is 35.2. The van der Waals surface area contributed by atoms with E-state index in [4.69, 9.17) is 18.6 Å². The van der Waals surface area contributed by atoms with E-state index in [1.165, 1.54) is 0 Å². The van der Waals surface area contributed by atoms with Gasteiger partial charge in [0.1, 0.15) is 0 Å². The van der Waals surface area contributed by atoms with Gasteiger partial charge in [0.15, 0.2) is 0 Å². The van der Waals surface area contributed by atoms with Crippen molar-refractivity contribution in [2.24, 2.45) is 0 Å². The van der Waals surface area contributed by atoms with E-state index in [1.54, 1.807) is 4.90 Å². The van der Waals surface area contributed by atoms with E-state index in [0.717, 1.165) is 24.1 Å². The molecule has 0 spiro atoms. The fourth-order valence-corrected chi connectivity index (χ4v) is 4.08. The molecule has 0 aromatic rings. The Kier molecular flexibility index (Phi) is 4.86. The number of allylic oxidation sites excluding steroid dienone is 4. The van der Waals surface area contributed by atoms with Crippen LogP contribution in [0.5, 0.6) is 0 Å². The SMILES string of the molecule is CC1CCOB(C2(B3OCCC(C)O3)C=CC=C3C2=CCC(=O)N3C)O1. The Morgan fingerprint density at radius 3 is 2.31 bits per heavy atom. The lowest BCUT2D eigenvalue weighted by Gasteiger charge is -2.47. The number of hydrogen-bond donors (Lipinski definition) is 0. The van der Waals surface area contributed by atoms with E-state index in [0.29, 0.717) is 19.6 Å². The molecule has 4 aliphatic rings. The quantitative estimate of drug-likeness (QED) is 0.709. The van der Waals surface area contributed by atoms with Crippen molar-refractivity contribution >= 4 is 20.1 Å². The van der Waals surface area contributed by atoms with Gasteiger partial charge in [-0.25, -0.2) is 0 Å². The van der Waals surface area contributed by atoms with Gasteiger partial charge in [-0.05, 0) is 38.3 Å². The number of nitrogens with zero attached hydrogens (tertiary/aromatic N) is 1. The Labute approximate surface area is 155 Å². The summed E-state index contributed by atoms with van der Waals surface area (Å²) in [4.78, 5) is 13.9. The number of amides is 1. The lowest BCUT2D eigenvalue weighted by molar-refractivity contribution is -0.127. The summed E-state index contributed by atoms with van der Waals surface area (Å²) in [5.74, 6) is 0.0712. The Balaban J connectivity index is 1.79. The van der Waals surface area contributed by atoms with Crippen molar-refractivity contribution in [3.8, 4) is 0 Å². The number of fused-ring (bicyclic) bond motifs is 1.